The van der Waals surface area contributed by atoms with Crippen LogP contribution in [0, 0.1) is 13.8 Å². The molecule has 1 aromatic heterocycles. The highest BCUT2D eigenvalue weighted by molar-refractivity contribution is 9.11. The maximum absolute atomic E-state index is 12.8. The fourth-order valence-electron chi connectivity index (χ4n) is 4.11. The summed E-state index contributed by atoms with van der Waals surface area (Å²) in [6.45, 7) is 3.79. The summed E-state index contributed by atoms with van der Waals surface area (Å²) in [5, 5.41) is 13.0. The third-order valence-corrected chi connectivity index (χ3v) is 8.32. The van der Waals surface area contributed by atoms with Crippen LogP contribution in [0.25, 0.3) is 11.3 Å². The first-order valence-electron chi connectivity index (χ1n) is 13.5. The molecule has 0 unspecified atom stereocenters. The first-order chi connectivity index (χ1) is 21.2. The number of carbonyl (C=O) groups excluding carboxylic acids is 2. The Labute approximate surface area is 275 Å². The van der Waals surface area contributed by atoms with E-state index in [1.807, 2.05) is 79.9 Å². The fourth-order valence-corrected chi connectivity index (χ4v) is 6.22. The van der Waals surface area contributed by atoms with Gasteiger partial charge < -0.3 is 15.4 Å². The van der Waals surface area contributed by atoms with E-state index in [9.17, 15) is 9.59 Å². The number of para-hydroxylation sites is 1. The smallest absolute Gasteiger partial charge is 0.271 e. The molecule has 0 atom stereocenters. The lowest BCUT2D eigenvalue weighted by molar-refractivity contribution is -0.118. The summed E-state index contributed by atoms with van der Waals surface area (Å²) in [6, 6.07) is 26.3. The normalized spacial score (nSPS) is 10.9. The number of nitrogens with zero attached hydrogens (tertiary/aromatic N) is 2. The number of benzene rings is 4. The summed E-state index contributed by atoms with van der Waals surface area (Å²) in [5.74, 6) is -0.263. The first kappa shape index (κ1) is 31.1. The van der Waals surface area contributed by atoms with Gasteiger partial charge in [-0.15, -0.1) is 11.3 Å². The Morgan fingerprint density at radius 1 is 0.932 bits per heavy atom. The lowest BCUT2D eigenvalue weighted by Crippen LogP contribution is -2.21. The highest BCUT2D eigenvalue weighted by atomic mass is 79.9. The third-order valence-electron chi connectivity index (χ3n) is 6.52. The van der Waals surface area contributed by atoms with Crippen LogP contribution < -0.4 is 20.8 Å². The molecule has 4 aromatic carbocycles. The van der Waals surface area contributed by atoms with Gasteiger partial charge in [-0.3, -0.25) is 9.59 Å². The van der Waals surface area contributed by atoms with E-state index in [1.165, 1.54) is 17.6 Å². The molecule has 0 fully saturated rings. The van der Waals surface area contributed by atoms with Gasteiger partial charge in [0, 0.05) is 37.9 Å². The molecule has 0 aliphatic carbocycles. The lowest BCUT2D eigenvalue weighted by Gasteiger charge is -2.13. The number of halogens is 2. The van der Waals surface area contributed by atoms with Crippen molar-refractivity contribution in [1.29, 1.82) is 0 Å². The average Bonchev–Trinajstić information content (AvgIpc) is 3.47. The minimum Gasteiger partial charge on any atom is -0.482 e. The van der Waals surface area contributed by atoms with E-state index < -0.39 is 0 Å². The van der Waals surface area contributed by atoms with Crippen LogP contribution in [0.4, 0.5) is 16.5 Å². The number of anilines is 3. The molecule has 5 rings (SSSR count). The quantitative estimate of drug-likeness (QED) is 0.0987. The molecular formula is C33H27Br2N5O3S. The van der Waals surface area contributed by atoms with E-state index in [0.29, 0.717) is 27.0 Å². The number of aryl methyl sites for hydroxylation is 2. The standard InChI is InChI=1S/C33H27Br2N5O3S/c1-20-8-13-27(14-21(20)2)37-30(41)18-43-31-24(15-25(34)16-28(31)35)17-36-40-32(42)23-11-9-22(10-12-23)29-19-44-33(39-29)38-26-6-4-3-5-7-26/h3-17,19H,18H2,1-2H3,(H,37,41)(H,38,39)(H,40,42)/b36-17+. The number of carbonyl (C=O) groups is 2. The highest BCUT2D eigenvalue weighted by Crippen LogP contribution is 2.32. The number of hydrogen-bond donors (Lipinski definition) is 3. The van der Waals surface area contributed by atoms with Crippen LogP contribution in [0.15, 0.2) is 104 Å². The molecule has 0 saturated heterocycles. The van der Waals surface area contributed by atoms with Crippen molar-refractivity contribution in [2.24, 2.45) is 5.10 Å². The van der Waals surface area contributed by atoms with Gasteiger partial charge in [-0.25, -0.2) is 10.4 Å². The number of rotatable bonds is 10. The van der Waals surface area contributed by atoms with Gasteiger partial charge >= 0.3 is 0 Å². The largest absolute Gasteiger partial charge is 0.482 e. The number of hydrogen-bond acceptors (Lipinski definition) is 7. The van der Waals surface area contributed by atoms with E-state index in [4.69, 9.17) is 4.74 Å². The van der Waals surface area contributed by atoms with Crippen molar-refractivity contribution < 1.29 is 14.3 Å². The van der Waals surface area contributed by atoms with Crippen LogP contribution in [-0.2, 0) is 4.79 Å². The molecule has 44 heavy (non-hydrogen) atoms. The number of amides is 2. The van der Waals surface area contributed by atoms with Gasteiger partial charge in [0.15, 0.2) is 11.7 Å². The van der Waals surface area contributed by atoms with Crippen LogP contribution in [-0.4, -0.2) is 29.6 Å². The second kappa shape index (κ2) is 14.4. The summed E-state index contributed by atoms with van der Waals surface area (Å²) < 4.78 is 7.24. The molecular weight excluding hydrogens is 706 g/mol. The van der Waals surface area contributed by atoms with Crippen LogP contribution in [0.5, 0.6) is 5.75 Å². The Morgan fingerprint density at radius 2 is 1.70 bits per heavy atom. The molecule has 0 aliphatic heterocycles. The predicted octanol–water partition coefficient (Wildman–Crippen LogP) is 8.48. The van der Waals surface area contributed by atoms with Gasteiger partial charge in [0.05, 0.1) is 16.4 Å². The van der Waals surface area contributed by atoms with E-state index in [2.05, 4.69) is 58.0 Å². The second-order valence-corrected chi connectivity index (χ2v) is 12.4. The zero-order valence-electron chi connectivity index (χ0n) is 23.7. The zero-order chi connectivity index (χ0) is 31.1. The molecule has 5 aromatic rings. The SMILES string of the molecule is Cc1ccc(NC(=O)COc2c(Br)cc(Br)cc2/C=N/NC(=O)c2ccc(-c3csc(Nc4ccccc4)n3)cc2)cc1C. The van der Waals surface area contributed by atoms with Crippen molar-refractivity contribution in [3.63, 3.8) is 0 Å². The summed E-state index contributed by atoms with van der Waals surface area (Å²) in [4.78, 5) is 30.0. The number of aromatic nitrogens is 1. The molecule has 0 aliphatic rings. The molecule has 11 heteroatoms. The Balaban J connectivity index is 1.19. The molecule has 2 amide bonds. The van der Waals surface area contributed by atoms with Gasteiger partial charge in [0.1, 0.15) is 5.75 Å². The fraction of sp³-hybridized carbons (Fsp3) is 0.0909. The van der Waals surface area contributed by atoms with Crippen molar-refractivity contribution in [1.82, 2.24) is 10.4 Å². The number of hydrazone groups is 1. The van der Waals surface area contributed by atoms with Crippen molar-refractivity contribution in [3.05, 3.63) is 122 Å². The van der Waals surface area contributed by atoms with Crippen molar-refractivity contribution in [2.75, 3.05) is 17.2 Å². The topological polar surface area (TPSA) is 105 Å². The van der Waals surface area contributed by atoms with Gasteiger partial charge in [-0.05, 0) is 89.4 Å². The summed E-state index contributed by atoms with van der Waals surface area (Å²) in [7, 11) is 0. The summed E-state index contributed by atoms with van der Waals surface area (Å²) in [5.41, 5.74) is 9.16. The molecule has 8 nitrogen and oxygen atoms in total. The van der Waals surface area contributed by atoms with E-state index in [1.54, 1.807) is 24.3 Å². The van der Waals surface area contributed by atoms with Gasteiger partial charge in [-0.2, -0.15) is 5.10 Å². The van der Waals surface area contributed by atoms with E-state index in [-0.39, 0.29) is 18.4 Å². The minimum absolute atomic E-state index is 0.213. The maximum Gasteiger partial charge on any atom is 0.271 e. The maximum atomic E-state index is 12.8. The molecule has 0 bridgehead atoms. The Kier molecular flexibility index (Phi) is 10.2. The molecule has 222 valence electrons. The first-order valence-corrected chi connectivity index (χ1v) is 15.9. The Morgan fingerprint density at radius 3 is 2.45 bits per heavy atom. The third kappa shape index (κ3) is 8.19. The average molecular weight is 733 g/mol. The molecule has 3 N–H and O–H groups in total. The van der Waals surface area contributed by atoms with Gasteiger partial charge in [0.25, 0.3) is 11.8 Å². The number of thiazole rings is 1. The van der Waals surface area contributed by atoms with Crippen molar-refractivity contribution in [2.45, 2.75) is 13.8 Å². The van der Waals surface area contributed by atoms with Crippen LogP contribution >= 0.6 is 43.2 Å². The lowest BCUT2D eigenvalue weighted by atomic mass is 10.1. The Hall–Kier alpha value is -4.32. The molecule has 0 radical (unpaired) electrons. The monoisotopic (exact) mass is 731 g/mol. The second-order valence-electron chi connectivity index (χ2n) is 9.75. The highest BCUT2D eigenvalue weighted by Gasteiger charge is 2.13. The zero-order valence-corrected chi connectivity index (χ0v) is 27.7. The minimum atomic E-state index is -0.373. The molecule has 1 heterocycles. The Bertz CT molecular complexity index is 1830. The predicted molar refractivity (Wildman–Crippen MR) is 184 cm³/mol. The van der Waals surface area contributed by atoms with Crippen molar-refractivity contribution >= 4 is 77.7 Å². The van der Waals surface area contributed by atoms with Crippen molar-refractivity contribution in [3.8, 4) is 17.0 Å². The molecule has 0 spiro atoms. The van der Waals surface area contributed by atoms with E-state index >= 15 is 0 Å². The van der Waals surface area contributed by atoms with Gasteiger partial charge in [0.2, 0.25) is 0 Å². The van der Waals surface area contributed by atoms with Crippen LogP contribution in [0.3, 0.4) is 0 Å². The van der Waals surface area contributed by atoms with E-state index in [0.717, 1.165) is 37.7 Å². The van der Waals surface area contributed by atoms with Gasteiger partial charge in [-0.1, -0.05) is 52.3 Å². The van der Waals surface area contributed by atoms with Crippen LogP contribution in [0.1, 0.15) is 27.0 Å². The molecule has 0 saturated carbocycles. The summed E-state index contributed by atoms with van der Waals surface area (Å²) in [6.07, 6.45) is 1.47. The summed E-state index contributed by atoms with van der Waals surface area (Å²) >= 11 is 8.46. The van der Waals surface area contributed by atoms with Crippen LogP contribution in [0.2, 0.25) is 0 Å². The number of nitrogens with one attached hydrogen (secondary N) is 3. The number of ether oxygens (including phenoxy) is 1.